The second-order valence-electron chi connectivity index (χ2n) is 8.42. The van der Waals surface area contributed by atoms with Crippen LogP contribution in [-0.4, -0.2) is 32.9 Å². The van der Waals surface area contributed by atoms with Crippen molar-refractivity contribution in [1.29, 1.82) is 0 Å². The number of pyridine rings is 1. The summed E-state index contributed by atoms with van der Waals surface area (Å²) in [5.41, 5.74) is 0.881. The molecule has 2 aromatic heterocycles. The molecule has 0 radical (unpaired) electrons. The van der Waals surface area contributed by atoms with Crippen molar-refractivity contribution < 1.29 is 22.8 Å². The quantitative estimate of drug-likeness (QED) is 0.583. The van der Waals surface area contributed by atoms with Gasteiger partial charge in [0, 0.05) is 6.20 Å². The normalized spacial score (nSPS) is 18.9. The summed E-state index contributed by atoms with van der Waals surface area (Å²) in [6.45, 7) is 6.90. The molecule has 9 heteroatoms. The van der Waals surface area contributed by atoms with E-state index in [0.717, 1.165) is 10.9 Å². The molecule has 1 atom stereocenters. The van der Waals surface area contributed by atoms with E-state index in [-0.39, 0.29) is 11.3 Å². The number of ether oxygens (including phenoxy) is 1. The number of imidazole rings is 1. The van der Waals surface area contributed by atoms with E-state index in [0.29, 0.717) is 16.7 Å². The molecule has 3 aromatic rings. The van der Waals surface area contributed by atoms with E-state index in [1.807, 2.05) is 46.8 Å². The maximum atomic E-state index is 13.6. The van der Waals surface area contributed by atoms with Gasteiger partial charge in [-0.3, -0.25) is 9.55 Å². The van der Waals surface area contributed by atoms with Gasteiger partial charge < -0.3 is 14.0 Å². The Morgan fingerprint density at radius 1 is 1.07 bits per heavy atom. The summed E-state index contributed by atoms with van der Waals surface area (Å²) in [5, 5.41) is 0. The van der Waals surface area contributed by atoms with Gasteiger partial charge >= 0.3 is 13.7 Å². The van der Waals surface area contributed by atoms with Crippen LogP contribution in [0.4, 0.5) is 8.78 Å². The van der Waals surface area contributed by atoms with Gasteiger partial charge in [-0.25, -0.2) is 4.98 Å². The highest BCUT2D eigenvalue weighted by atomic mass is 19.3. The van der Waals surface area contributed by atoms with Crippen molar-refractivity contribution in [3.8, 4) is 5.75 Å². The number of hydrogen-bond donors (Lipinski definition) is 0. The number of fused-ring (bicyclic) bond motifs is 1. The minimum atomic E-state index is -2.75. The Morgan fingerprint density at radius 3 is 2.37 bits per heavy atom. The molecule has 0 spiro atoms. The number of benzene rings is 1. The van der Waals surface area contributed by atoms with Gasteiger partial charge in [-0.15, -0.1) is 0 Å². The fourth-order valence-electron chi connectivity index (χ4n) is 3.37. The van der Waals surface area contributed by atoms with Crippen molar-refractivity contribution >= 4 is 23.6 Å². The van der Waals surface area contributed by atoms with Crippen molar-refractivity contribution in [3.63, 3.8) is 0 Å². The summed E-state index contributed by atoms with van der Waals surface area (Å²) in [4.78, 5) is 8.45. The average molecular weight is 415 g/mol. The smallest absolute Gasteiger partial charge is 0.482 e. The lowest BCUT2D eigenvalue weighted by Gasteiger charge is -2.32. The third kappa shape index (κ3) is 3.56. The van der Waals surface area contributed by atoms with Gasteiger partial charge in [0.25, 0.3) is 0 Å². The number of nitrogens with zero attached hydrogens (tertiary/aromatic N) is 3. The summed E-state index contributed by atoms with van der Waals surface area (Å²) in [5.74, 6) is 0.271. The first-order chi connectivity index (χ1) is 14.1. The number of rotatable bonds is 5. The second kappa shape index (κ2) is 7.32. The lowest BCUT2D eigenvalue weighted by atomic mass is 9.79. The van der Waals surface area contributed by atoms with Crippen LogP contribution in [0, 0.1) is 0 Å². The van der Waals surface area contributed by atoms with Gasteiger partial charge in [0.05, 0.1) is 22.4 Å². The topological polar surface area (TPSA) is 58.4 Å². The van der Waals surface area contributed by atoms with Gasteiger partial charge in [0.15, 0.2) is 0 Å². The average Bonchev–Trinajstić information content (AvgIpc) is 3.20. The van der Waals surface area contributed by atoms with E-state index >= 15 is 0 Å². The Kier molecular flexibility index (Phi) is 5.06. The molecule has 30 heavy (non-hydrogen) atoms. The first kappa shape index (κ1) is 20.7. The van der Waals surface area contributed by atoms with Gasteiger partial charge in [-0.1, -0.05) is 6.07 Å². The van der Waals surface area contributed by atoms with Crippen LogP contribution in [0.25, 0.3) is 11.0 Å². The number of aromatic nitrogens is 3. The van der Waals surface area contributed by atoms with Gasteiger partial charge in [0.1, 0.15) is 23.7 Å². The number of alkyl halides is 2. The monoisotopic (exact) mass is 415 g/mol. The standard InChI is InChI=1S/C21H24BF2N3O3/c1-13(15-8-6-7-9-25-15)28-17-11-14(22-29-20(2,3)21(4,5)30-22)10-16-18(17)27(12-26-16)19(23)24/h6-13,19H,1-5H3/t13-/m1/s1. The van der Waals surface area contributed by atoms with E-state index in [1.165, 1.54) is 0 Å². The zero-order valence-electron chi connectivity index (χ0n) is 17.6. The third-order valence-electron chi connectivity index (χ3n) is 5.80. The predicted molar refractivity (Wildman–Crippen MR) is 110 cm³/mol. The third-order valence-corrected chi connectivity index (χ3v) is 5.80. The molecule has 1 aliphatic rings. The zero-order valence-corrected chi connectivity index (χ0v) is 17.6. The SMILES string of the molecule is C[C@@H](Oc1cc(B2OC(C)(C)C(C)(C)O2)cc2ncn(C(F)F)c12)c1ccccn1. The fraction of sp³-hybridized carbons (Fsp3) is 0.429. The number of hydrogen-bond acceptors (Lipinski definition) is 5. The Balaban J connectivity index is 1.78. The molecule has 0 N–H and O–H groups in total. The molecule has 158 valence electrons. The summed E-state index contributed by atoms with van der Waals surface area (Å²) in [6, 6.07) is 8.87. The summed E-state index contributed by atoms with van der Waals surface area (Å²) in [7, 11) is -0.663. The predicted octanol–water partition coefficient (Wildman–Crippen LogP) is 4.27. The Hall–Kier alpha value is -2.52. The van der Waals surface area contributed by atoms with Crippen molar-refractivity contribution in [3.05, 3.63) is 48.5 Å². The molecular formula is C21H24BF2N3O3. The molecule has 0 amide bonds. The molecule has 3 heterocycles. The zero-order chi connectivity index (χ0) is 21.7. The molecule has 1 aromatic carbocycles. The summed E-state index contributed by atoms with van der Waals surface area (Å²) in [6.07, 6.45) is 2.32. The van der Waals surface area contributed by atoms with Crippen molar-refractivity contribution in [2.75, 3.05) is 0 Å². The lowest BCUT2D eigenvalue weighted by Crippen LogP contribution is -2.41. The molecule has 4 rings (SSSR count). The maximum Gasteiger partial charge on any atom is 0.495 e. The Labute approximate surface area is 174 Å². The van der Waals surface area contributed by atoms with Gasteiger partial charge in [-0.05, 0) is 64.3 Å². The van der Waals surface area contributed by atoms with Crippen LogP contribution in [0.3, 0.4) is 0 Å². The van der Waals surface area contributed by atoms with Crippen molar-refractivity contribution in [2.24, 2.45) is 0 Å². The van der Waals surface area contributed by atoms with Crippen molar-refractivity contribution in [2.45, 2.75) is 58.5 Å². The summed E-state index contributed by atoms with van der Waals surface area (Å²) < 4.78 is 46.3. The van der Waals surface area contributed by atoms with Crippen LogP contribution >= 0.6 is 0 Å². The fourth-order valence-corrected chi connectivity index (χ4v) is 3.37. The minimum Gasteiger partial charge on any atom is -0.482 e. The highest BCUT2D eigenvalue weighted by molar-refractivity contribution is 6.62. The molecule has 1 saturated heterocycles. The largest absolute Gasteiger partial charge is 0.495 e. The molecule has 1 aliphatic heterocycles. The van der Waals surface area contributed by atoms with Crippen LogP contribution in [0.15, 0.2) is 42.9 Å². The molecule has 0 saturated carbocycles. The van der Waals surface area contributed by atoms with Crippen LogP contribution in [-0.2, 0) is 9.31 Å². The van der Waals surface area contributed by atoms with E-state index in [4.69, 9.17) is 14.0 Å². The van der Waals surface area contributed by atoms with Crippen LogP contribution in [0.2, 0.25) is 0 Å². The van der Waals surface area contributed by atoms with E-state index < -0.39 is 31.0 Å². The number of halogens is 2. The molecule has 6 nitrogen and oxygen atoms in total. The molecule has 0 aliphatic carbocycles. The second-order valence-corrected chi connectivity index (χ2v) is 8.42. The Bertz CT molecular complexity index is 1040. The highest BCUT2D eigenvalue weighted by Crippen LogP contribution is 2.38. The van der Waals surface area contributed by atoms with E-state index in [9.17, 15) is 8.78 Å². The van der Waals surface area contributed by atoms with Gasteiger partial charge in [-0.2, -0.15) is 8.78 Å². The van der Waals surface area contributed by atoms with E-state index in [2.05, 4.69) is 9.97 Å². The molecule has 1 fully saturated rings. The van der Waals surface area contributed by atoms with E-state index in [1.54, 1.807) is 24.4 Å². The van der Waals surface area contributed by atoms with Crippen LogP contribution < -0.4 is 10.2 Å². The van der Waals surface area contributed by atoms with Gasteiger partial charge in [0.2, 0.25) is 0 Å². The first-order valence-electron chi connectivity index (χ1n) is 9.81. The highest BCUT2D eigenvalue weighted by Gasteiger charge is 2.52. The molecule has 0 bridgehead atoms. The minimum absolute atomic E-state index is 0.216. The molecule has 0 unspecified atom stereocenters. The van der Waals surface area contributed by atoms with Crippen LogP contribution in [0.5, 0.6) is 5.75 Å². The Morgan fingerprint density at radius 2 is 1.77 bits per heavy atom. The molecular weight excluding hydrogens is 391 g/mol. The van der Waals surface area contributed by atoms with Crippen molar-refractivity contribution in [1.82, 2.24) is 14.5 Å². The maximum absolute atomic E-state index is 13.6. The summed E-state index contributed by atoms with van der Waals surface area (Å²) >= 11 is 0. The first-order valence-corrected chi connectivity index (χ1v) is 9.81. The van der Waals surface area contributed by atoms with Crippen LogP contribution in [0.1, 0.15) is 53.0 Å². The lowest BCUT2D eigenvalue weighted by molar-refractivity contribution is 0.00578.